The number of thiocarbonyl (C=S) groups is 1. The van der Waals surface area contributed by atoms with Gasteiger partial charge >= 0.3 is 0 Å². The first-order valence-electron chi connectivity index (χ1n) is 13.4. The maximum atomic E-state index is 14.0. The third kappa shape index (κ3) is 5.15. The second-order valence-corrected chi connectivity index (χ2v) is 12.3. The summed E-state index contributed by atoms with van der Waals surface area (Å²) in [5.74, 6) is 2.10. The molecular weight excluding hydrogens is 480 g/mol. The van der Waals surface area contributed by atoms with Gasteiger partial charge in [-0.25, -0.2) is 0 Å². The average molecular weight is 525 g/mol. The zero-order valence-corrected chi connectivity index (χ0v) is 23.8. The predicted molar refractivity (Wildman–Crippen MR) is 147 cm³/mol. The molecule has 0 aromatic rings. The molecule has 35 heavy (non-hydrogen) atoms. The summed E-state index contributed by atoms with van der Waals surface area (Å²) in [4.78, 5) is 30.0. The van der Waals surface area contributed by atoms with Gasteiger partial charge in [0.1, 0.15) is 0 Å². The number of rotatable bonds is 6. The third-order valence-electron chi connectivity index (χ3n) is 9.81. The number of hydrogen-bond donors (Lipinski definition) is 2. The highest BCUT2D eigenvalue weighted by Crippen LogP contribution is 2.65. The van der Waals surface area contributed by atoms with Crippen LogP contribution in [0.5, 0.6) is 0 Å². The molecule has 1 aliphatic heterocycles. The Labute approximate surface area is 223 Å². The van der Waals surface area contributed by atoms with Crippen molar-refractivity contribution in [2.24, 2.45) is 34.5 Å². The maximum absolute atomic E-state index is 14.0. The number of hydrogen-bond acceptors (Lipinski definition) is 4. The molecule has 4 rings (SSSR count). The van der Waals surface area contributed by atoms with E-state index in [-0.39, 0.29) is 47.0 Å². The molecule has 0 aromatic carbocycles. The predicted octanol–water partition coefficient (Wildman–Crippen LogP) is 4.00. The van der Waals surface area contributed by atoms with Crippen LogP contribution in [0.2, 0.25) is 0 Å². The van der Waals surface area contributed by atoms with Crippen molar-refractivity contribution >= 4 is 41.6 Å². The summed E-state index contributed by atoms with van der Waals surface area (Å²) >= 11 is 5.67. The fourth-order valence-electron chi connectivity index (χ4n) is 8.03. The first-order valence-corrected chi connectivity index (χ1v) is 13.8. The number of nitrogens with zero attached hydrogens (tertiary/aromatic N) is 2. The van der Waals surface area contributed by atoms with E-state index in [0.717, 1.165) is 58.0 Å². The van der Waals surface area contributed by atoms with Gasteiger partial charge in [0.15, 0.2) is 5.11 Å². The lowest BCUT2D eigenvalue weighted by atomic mass is 9.48. The summed E-state index contributed by atoms with van der Waals surface area (Å²) in [5.41, 5.74) is 0.0653. The van der Waals surface area contributed by atoms with Crippen LogP contribution >= 0.6 is 24.6 Å². The summed E-state index contributed by atoms with van der Waals surface area (Å²) in [5, 5.41) is 7.07. The second kappa shape index (κ2) is 11.1. The van der Waals surface area contributed by atoms with Gasteiger partial charge in [-0.2, -0.15) is 0 Å². The van der Waals surface area contributed by atoms with Crippen molar-refractivity contribution in [3.8, 4) is 0 Å². The normalized spacial score (nSPS) is 37.4. The van der Waals surface area contributed by atoms with Crippen LogP contribution in [-0.2, 0) is 9.59 Å². The molecule has 3 aliphatic carbocycles. The van der Waals surface area contributed by atoms with E-state index in [1.54, 1.807) is 6.08 Å². The lowest BCUT2D eigenvalue weighted by Gasteiger charge is -2.58. The van der Waals surface area contributed by atoms with Crippen LogP contribution in [0, 0.1) is 34.5 Å². The Bertz CT molecular complexity index is 851. The van der Waals surface area contributed by atoms with Gasteiger partial charge in [0.05, 0.1) is 0 Å². The molecule has 4 aliphatic rings. The minimum absolute atomic E-state index is 0. The Morgan fingerprint density at radius 1 is 1.14 bits per heavy atom. The van der Waals surface area contributed by atoms with Gasteiger partial charge in [0.2, 0.25) is 11.8 Å². The van der Waals surface area contributed by atoms with E-state index >= 15 is 0 Å². The van der Waals surface area contributed by atoms with Gasteiger partial charge in [0.25, 0.3) is 0 Å². The Hall–Kier alpha value is -1.18. The van der Waals surface area contributed by atoms with Crippen molar-refractivity contribution in [3.05, 3.63) is 12.2 Å². The number of amides is 2. The Kier molecular flexibility index (Phi) is 8.97. The van der Waals surface area contributed by atoms with Crippen molar-refractivity contribution in [3.63, 3.8) is 0 Å². The molecule has 0 spiro atoms. The minimum atomic E-state index is 0. The van der Waals surface area contributed by atoms with Crippen LogP contribution in [0.4, 0.5) is 0 Å². The summed E-state index contributed by atoms with van der Waals surface area (Å²) in [7, 11) is 4.13. The van der Waals surface area contributed by atoms with Crippen molar-refractivity contribution < 1.29 is 9.59 Å². The Morgan fingerprint density at radius 2 is 1.89 bits per heavy atom. The number of carbonyl (C=O) groups excluding carboxylic acids is 2. The van der Waals surface area contributed by atoms with Gasteiger partial charge in [-0.15, -0.1) is 12.4 Å². The topological polar surface area (TPSA) is 64.7 Å². The summed E-state index contributed by atoms with van der Waals surface area (Å²) in [6, 6.07) is 0.249. The largest absolute Gasteiger partial charge is 0.362 e. The van der Waals surface area contributed by atoms with Crippen LogP contribution in [0.25, 0.3) is 0 Å². The van der Waals surface area contributed by atoms with E-state index < -0.39 is 0 Å². The molecule has 0 bridgehead atoms. The van der Waals surface area contributed by atoms with Crippen LogP contribution in [0.1, 0.15) is 65.7 Å². The third-order valence-corrected chi connectivity index (χ3v) is 10.2. The van der Waals surface area contributed by atoms with E-state index in [1.165, 1.54) is 0 Å². The highest BCUT2D eigenvalue weighted by atomic mass is 35.5. The lowest BCUT2D eigenvalue weighted by molar-refractivity contribution is -0.140. The van der Waals surface area contributed by atoms with Gasteiger partial charge in [0, 0.05) is 30.5 Å². The highest BCUT2D eigenvalue weighted by Gasteiger charge is 2.61. The summed E-state index contributed by atoms with van der Waals surface area (Å²) in [6.07, 6.45) is 11.4. The zero-order chi connectivity index (χ0) is 24.7. The molecule has 0 aromatic heterocycles. The Balaban J connectivity index is 0.00000342. The quantitative estimate of drug-likeness (QED) is 0.514. The summed E-state index contributed by atoms with van der Waals surface area (Å²) in [6.45, 7) is 9.13. The van der Waals surface area contributed by atoms with E-state index in [0.29, 0.717) is 29.4 Å². The van der Waals surface area contributed by atoms with E-state index in [1.807, 2.05) is 11.8 Å². The summed E-state index contributed by atoms with van der Waals surface area (Å²) < 4.78 is 0. The first-order chi connectivity index (χ1) is 16.1. The molecule has 2 N–H and O–H groups in total. The van der Waals surface area contributed by atoms with E-state index in [2.05, 4.69) is 49.6 Å². The Morgan fingerprint density at radius 3 is 2.57 bits per heavy atom. The molecular formula is C27H45ClN4O2S. The lowest BCUT2D eigenvalue weighted by Crippen LogP contribution is -2.59. The van der Waals surface area contributed by atoms with Gasteiger partial charge in [-0.1, -0.05) is 19.9 Å². The van der Waals surface area contributed by atoms with Crippen molar-refractivity contribution in [1.82, 2.24) is 20.4 Å². The van der Waals surface area contributed by atoms with Crippen molar-refractivity contribution in [2.75, 3.05) is 33.7 Å². The molecule has 1 heterocycles. The molecule has 3 fully saturated rings. The van der Waals surface area contributed by atoms with Gasteiger partial charge < -0.3 is 15.5 Å². The molecule has 8 heteroatoms. The second-order valence-electron chi connectivity index (χ2n) is 11.9. The van der Waals surface area contributed by atoms with Crippen LogP contribution in [-0.4, -0.2) is 66.5 Å². The first kappa shape index (κ1) is 28.4. The number of fused-ring (bicyclic) bond motifs is 5. The molecule has 0 unspecified atom stereocenters. The highest BCUT2D eigenvalue weighted by molar-refractivity contribution is 7.80. The van der Waals surface area contributed by atoms with Crippen molar-refractivity contribution in [1.29, 1.82) is 0 Å². The number of nitrogens with one attached hydrogen (secondary N) is 2. The van der Waals surface area contributed by atoms with Crippen molar-refractivity contribution in [2.45, 2.75) is 71.8 Å². The molecule has 7 atom stereocenters. The average Bonchev–Trinajstić information content (AvgIpc) is 3.14. The zero-order valence-electron chi connectivity index (χ0n) is 22.1. The molecule has 198 valence electrons. The van der Waals surface area contributed by atoms with Crippen LogP contribution in [0.3, 0.4) is 0 Å². The smallest absolute Gasteiger partial charge is 0.243 e. The maximum Gasteiger partial charge on any atom is 0.243 e. The van der Waals surface area contributed by atoms with Crippen LogP contribution in [0.15, 0.2) is 12.2 Å². The molecule has 6 nitrogen and oxygen atoms in total. The number of halogens is 1. The molecule has 0 saturated heterocycles. The fourth-order valence-corrected chi connectivity index (χ4v) is 8.36. The fraction of sp³-hybridized carbons (Fsp3) is 0.815. The molecule has 0 radical (unpaired) electrons. The molecule has 3 saturated carbocycles. The van der Waals surface area contributed by atoms with Crippen LogP contribution < -0.4 is 10.6 Å². The minimum Gasteiger partial charge on any atom is -0.362 e. The SMILES string of the molecule is CCNC(=S)N(CCCN(C)C)C(=O)[C@H]1CC[C@H]2[C@@H]3CC[C@H]4NC(=O)C=C[C@]4(C)[C@H]3CC[C@]12C.Cl. The number of carbonyl (C=O) groups is 2. The van der Waals surface area contributed by atoms with E-state index in [9.17, 15) is 9.59 Å². The molecule has 2 amide bonds. The van der Waals surface area contributed by atoms with Gasteiger partial charge in [-0.3, -0.25) is 14.5 Å². The monoisotopic (exact) mass is 524 g/mol. The van der Waals surface area contributed by atoms with Gasteiger partial charge in [-0.05, 0) is 114 Å². The standard InChI is InChI=1S/C27H44N4O2S.ClH/c1-6-28-25(34)31(17-7-16-30(4)5)24(33)21-10-9-19-18-8-11-22-27(3,15-13-23(32)29-22)20(18)12-14-26(19,21)2;/h13,15,18-22H,6-12,14,16-17H2,1-5H3,(H,28,34)(H,29,32);1H/t18-,19-,20-,21+,22+,26-,27+;/m0./s1. The van der Waals surface area contributed by atoms with E-state index in [4.69, 9.17) is 12.2 Å².